The summed E-state index contributed by atoms with van der Waals surface area (Å²) in [5.74, 6) is 0.601. The summed E-state index contributed by atoms with van der Waals surface area (Å²) in [4.78, 5) is 22.9. The molecular weight excluding hydrogens is 244 g/mol. The van der Waals surface area contributed by atoms with Gasteiger partial charge in [-0.1, -0.05) is 34.6 Å². The smallest absolute Gasteiger partial charge is 0.333 e. The summed E-state index contributed by atoms with van der Waals surface area (Å²) in [6.07, 6.45) is 0.913. The first-order valence-electron chi connectivity index (χ1n) is 6.92. The van der Waals surface area contributed by atoms with E-state index in [1.54, 1.807) is 0 Å². The molecule has 0 spiro atoms. The number of nitrogens with one attached hydrogen (secondary N) is 4. The van der Waals surface area contributed by atoms with Crippen LogP contribution in [0.25, 0.3) is 0 Å². The summed E-state index contributed by atoms with van der Waals surface area (Å²) in [5.41, 5.74) is 4.71. The summed E-state index contributed by atoms with van der Waals surface area (Å²) in [6.45, 7) is 11.2. The maximum Gasteiger partial charge on any atom is 0.333 e. The van der Waals surface area contributed by atoms with Crippen LogP contribution in [0.2, 0.25) is 0 Å². The molecule has 0 rings (SSSR count). The number of hydrogen-bond acceptors (Lipinski definition) is 3. The quantitative estimate of drug-likeness (QED) is 0.522. The van der Waals surface area contributed by atoms with Crippen molar-refractivity contribution in [2.75, 3.05) is 13.1 Å². The molecule has 0 heterocycles. The summed E-state index contributed by atoms with van der Waals surface area (Å²) in [6, 6.07) is -0.269. The van der Waals surface area contributed by atoms with Gasteiger partial charge in [-0.15, -0.1) is 0 Å². The Morgan fingerprint density at radius 1 is 1.05 bits per heavy atom. The van der Waals surface area contributed by atoms with Crippen molar-refractivity contribution in [1.29, 1.82) is 0 Å². The standard InChI is InChI=1S/C13H28N4O2/c1-6-14-8-12(18)16-17-13(19)15-11(10(4)5)7-9(2)3/h9-11,14H,6-8H2,1-5H3,(H,16,18)(H2,15,17,19). The lowest BCUT2D eigenvalue weighted by molar-refractivity contribution is -0.120. The minimum absolute atomic E-state index is 0.102. The number of likely N-dealkylation sites (N-methyl/N-ethyl adjacent to an activating group) is 1. The van der Waals surface area contributed by atoms with Crippen molar-refractivity contribution in [3.63, 3.8) is 0 Å². The molecule has 0 saturated carbocycles. The molecule has 3 amide bonds. The van der Waals surface area contributed by atoms with Crippen molar-refractivity contribution in [1.82, 2.24) is 21.5 Å². The molecule has 112 valence electrons. The predicted octanol–water partition coefficient (Wildman–Crippen LogP) is 0.997. The molecule has 1 atom stereocenters. The fourth-order valence-corrected chi connectivity index (χ4v) is 1.62. The molecular formula is C13H28N4O2. The zero-order chi connectivity index (χ0) is 14.8. The van der Waals surface area contributed by atoms with E-state index in [0.717, 1.165) is 6.42 Å². The first-order valence-corrected chi connectivity index (χ1v) is 6.92. The average molecular weight is 272 g/mol. The first-order chi connectivity index (χ1) is 8.86. The van der Waals surface area contributed by atoms with Gasteiger partial charge in [-0.3, -0.25) is 10.2 Å². The van der Waals surface area contributed by atoms with Crippen LogP contribution in [0.15, 0.2) is 0 Å². The largest absolute Gasteiger partial charge is 0.334 e. The molecule has 0 aliphatic heterocycles. The van der Waals surface area contributed by atoms with Crippen molar-refractivity contribution in [2.45, 2.75) is 47.1 Å². The zero-order valence-electron chi connectivity index (χ0n) is 12.7. The Morgan fingerprint density at radius 2 is 1.68 bits per heavy atom. The molecule has 1 unspecified atom stereocenters. The van der Waals surface area contributed by atoms with E-state index in [4.69, 9.17) is 0 Å². The number of rotatable bonds is 7. The molecule has 0 aliphatic rings. The van der Waals surface area contributed by atoms with Crippen LogP contribution in [0.4, 0.5) is 4.79 Å². The minimum Gasteiger partial charge on any atom is -0.334 e. The molecule has 6 nitrogen and oxygen atoms in total. The van der Waals surface area contributed by atoms with Gasteiger partial charge >= 0.3 is 6.03 Å². The highest BCUT2D eigenvalue weighted by molar-refractivity contribution is 5.82. The zero-order valence-corrected chi connectivity index (χ0v) is 12.7. The van der Waals surface area contributed by atoms with Gasteiger partial charge in [0.15, 0.2) is 0 Å². The molecule has 0 fully saturated rings. The van der Waals surface area contributed by atoms with Crippen LogP contribution < -0.4 is 21.5 Å². The third-order valence-electron chi connectivity index (χ3n) is 2.70. The van der Waals surface area contributed by atoms with Crippen molar-refractivity contribution >= 4 is 11.9 Å². The normalized spacial score (nSPS) is 12.4. The third kappa shape index (κ3) is 9.30. The summed E-state index contributed by atoms with van der Waals surface area (Å²) < 4.78 is 0. The molecule has 0 aliphatic carbocycles. The van der Waals surface area contributed by atoms with E-state index in [0.29, 0.717) is 18.4 Å². The van der Waals surface area contributed by atoms with Crippen molar-refractivity contribution in [3.8, 4) is 0 Å². The van der Waals surface area contributed by atoms with Crippen molar-refractivity contribution in [3.05, 3.63) is 0 Å². The molecule has 0 aromatic rings. The summed E-state index contributed by atoms with van der Waals surface area (Å²) in [5, 5.41) is 5.75. The van der Waals surface area contributed by atoms with Gasteiger partial charge in [0.2, 0.25) is 0 Å². The Balaban J connectivity index is 4.02. The Labute approximate surface area is 116 Å². The minimum atomic E-state index is -0.371. The van der Waals surface area contributed by atoms with Crippen LogP contribution in [0, 0.1) is 11.8 Å². The molecule has 0 radical (unpaired) electrons. The molecule has 19 heavy (non-hydrogen) atoms. The molecule has 0 saturated heterocycles. The maximum absolute atomic E-state index is 11.7. The third-order valence-corrected chi connectivity index (χ3v) is 2.70. The number of amides is 3. The fraction of sp³-hybridized carbons (Fsp3) is 0.846. The van der Waals surface area contributed by atoms with Crippen LogP contribution >= 0.6 is 0 Å². The van der Waals surface area contributed by atoms with Crippen LogP contribution in [0.1, 0.15) is 41.0 Å². The Bertz CT molecular complexity index is 280. The van der Waals surface area contributed by atoms with Crippen LogP contribution in [0.5, 0.6) is 0 Å². The predicted molar refractivity (Wildman–Crippen MR) is 76.4 cm³/mol. The number of hydrogen-bond donors (Lipinski definition) is 4. The molecule has 6 heteroatoms. The van der Waals surface area contributed by atoms with E-state index in [1.807, 2.05) is 6.92 Å². The van der Waals surface area contributed by atoms with E-state index in [2.05, 4.69) is 49.2 Å². The number of hydrazine groups is 1. The molecule has 4 N–H and O–H groups in total. The maximum atomic E-state index is 11.7. The molecule has 0 aromatic heterocycles. The average Bonchev–Trinajstić information content (AvgIpc) is 2.32. The second-order valence-corrected chi connectivity index (χ2v) is 5.41. The van der Waals surface area contributed by atoms with Gasteiger partial charge < -0.3 is 10.6 Å². The number of urea groups is 1. The number of carbonyl (C=O) groups excluding carboxylic acids is 2. The van der Waals surface area contributed by atoms with Gasteiger partial charge in [0.1, 0.15) is 0 Å². The number of carbonyl (C=O) groups is 2. The van der Waals surface area contributed by atoms with E-state index in [1.165, 1.54) is 0 Å². The lowest BCUT2D eigenvalue weighted by Crippen LogP contribution is -2.52. The highest BCUT2D eigenvalue weighted by atomic mass is 16.2. The van der Waals surface area contributed by atoms with Gasteiger partial charge in [0.05, 0.1) is 6.54 Å². The summed E-state index contributed by atoms with van der Waals surface area (Å²) >= 11 is 0. The highest BCUT2D eigenvalue weighted by Crippen LogP contribution is 2.12. The lowest BCUT2D eigenvalue weighted by Gasteiger charge is -2.24. The van der Waals surface area contributed by atoms with Crippen LogP contribution in [-0.2, 0) is 4.79 Å². The lowest BCUT2D eigenvalue weighted by atomic mass is 9.95. The van der Waals surface area contributed by atoms with Gasteiger partial charge in [-0.05, 0) is 24.8 Å². The van der Waals surface area contributed by atoms with Crippen LogP contribution in [0.3, 0.4) is 0 Å². The second kappa shape index (κ2) is 9.61. The second-order valence-electron chi connectivity index (χ2n) is 5.41. The highest BCUT2D eigenvalue weighted by Gasteiger charge is 2.17. The fourth-order valence-electron chi connectivity index (χ4n) is 1.62. The van der Waals surface area contributed by atoms with Crippen LogP contribution in [-0.4, -0.2) is 31.1 Å². The van der Waals surface area contributed by atoms with Crippen molar-refractivity contribution < 1.29 is 9.59 Å². The molecule has 0 bridgehead atoms. The van der Waals surface area contributed by atoms with Gasteiger partial charge in [0, 0.05) is 6.04 Å². The first kappa shape index (κ1) is 17.7. The Kier molecular flexibility index (Phi) is 8.95. The van der Waals surface area contributed by atoms with E-state index >= 15 is 0 Å². The Morgan fingerprint density at radius 3 is 2.16 bits per heavy atom. The van der Waals surface area contributed by atoms with Gasteiger partial charge in [-0.25, -0.2) is 10.2 Å². The molecule has 0 aromatic carbocycles. The monoisotopic (exact) mass is 272 g/mol. The van der Waals surface area contributed by atoms with E-state index in [-0.39, 0.29) is 24.5 Å². The Hall–Kier alpha value is -1.30. The summed E-state index contributed by atoms with van der Waals surface area (Å²) in [7, 11) is 0. The van der Waals surface area contributed by atoms with E-state index in [9.17, 15) is 9.59 Å². The van der Waals surface area contributed by atoms with Crippen molar-refractivity contribution in [2.24, 2.45) is 11.8 Å². The van der Waals surface area contributed by atoms with Gasteiger partial charge in [-0.2, -0.15) is 0 Å². The van der Waals surface area contributed by atoms with Gasteiger partial charge in [0.25, 0.3) is 5.91 Å². The topological polar surface area (TPSA) is 82.3 Å². The van der Waals surface area contributed by atoms with E-state index < -0.39 is 0 Å². The SMILES string of the molecule is CCNCC(=O)NNC(=O)NC(CC(C)C)C(C)C.